The van der Waals surface area contributed by atoms with Gasteiger partial charge in [-0.3, -0.25) is 4.79 Å². The summed E-state index contributed by atoms with van der Waals surface area (Å²) in [4.78, 5) is 9.00. The molecule has 4 heteroatoms. The highest BCUT2D eigenvalue weighted by Gasteiger charge is 1.76. The Balaban J connectivity index is 0. The number of carboxylic acid groups (broad SMARTS) is 1. The number of aliphatic carboxylic acids is 1. The van der Waals surface area contributed by atoms with Crippen molar-refractivity contribution in [1.29, 1.82) is 0 Å². The number of carbonyl (C=O) groups is 1. The second-order valence-corrected chi connectivity index (χ2v) is 1.17. The molecular weight excluding hydrogens is 124 g/mol. The minimum Gasteiger partial charge on any atom is -0.481 e. The highest BCUT2D eigenvalue weighted by Crippen LogP contribution is 1.67. The summed E-state index contributed by atoms with van der Waals surface area (Å²) in [6.07, 6.45) is -0.324. The van der Waals surface area contributed by atoms with Crippen LogP contribution in [0.2, 0.25) is 0 Å². The highest BCUT2D eigenvalue weighted by molar-refractivity contribution is 5.62. The first kappa shape index (κ1) is 11.0. The lowest BCUT2D eigenvalue weighted by Crippen LogP contribution is -1.95. The fourth-order valence-electron chi connectivity index (χ4n) is 0. The maximum atomic E-state index is 9.00. The Bertz CT molecular complexity index is 83.0. The Morgan fingerprint density at radius 1 is 1.67 bits per heavy atom. The van der Waals surface area contributed by atoms with Gasteiger partial charge in [0.25, 0.3) is 5.97 Å². The number of aliphatic hydroxyl groups excluding tert-OH is 1. The zero-order chi connectivity index (χ0) is 7.86. The van der Waals surface area contributed by atoms with Crippen LogP contribution in [0.4, 0.5) is 0 Å². The molecule has 0 saturated heterocycles. The van der Waals surface area contributed by atoms with E-state index in [4.69, 9.17) is 20.1 Å². The molecule has 9 heavy (non-hydrogen) atoms. The number of rotatable bonds is 1. The van der Waals surface area contributed by atoms with Crippen molar-refractivity contribution in [2.75, 3.05) is 0 Å². The molecule has 0 aliphatic rings. The summed E-state index contributed by atoms with van der Waals surface area (Å²) in [6.45, 7) is 4.14. The third-order valence-corrected chi connectivity index (χ3v) is 0.211. The first-order chi connectivity index (χ1) is 4.00. The van der Waals surface area contributed by atoms with E-state index in [0.717, 1.165) is 13.0 Å². The molecule has 0 radical (unpaired) electrons. The van der Waals surface area contributed by atoms with E-state index in [1.807, 2.05) is 0 Å². The van der Waals surface area contributed by atoms with Crippen molar-refractivity contribution in [3.63, 3.8) is 0 Å². The molecule has 0 saturated carbocycles. The second-order valence-electron chi connectivity index (χ2n) is 1.17. The molecule has 0 aromatic rings. The molecule has 4 nitrogen and oxygen atoms in total. The smallest absolute Gasteiger partial charge is 0.300 e. The predicted molar refractivity (Wildman–Crippen MR) is 31.7 cm³/mol. The molecule has 0 bridgehead atoms. The molecule has 0 atom stereocenters. The zero-order valence-electron chi connectivity index (χ0n) is 5.11. The molecule has 0 rings (SSSR count). The van der Waals surface area contributed by atoms with Crippen LogP contribution in [0.1, 0.15) is 6.92 Å². The molecule has 0 spiro atoms. The van der Waals surface area contributed by atoms with Crippen LogP contribution in [0.5, 0.6) is 0 Å². The summed E-state index contributed by atoms with van der Waals surface area (Å²) >= 11 is 0. The standard InChI is InChI=1S/C3H6O2.C2H4O2/c1-2-3(4)5;1-2(3)4/h2-5H,1H2;1H3,(H,3,4). The van der Waals surface area contributed by atoms with Gasteiger partial charge in [0.2, 0.25) is 0 Å². The van der Waals surface area contributed by atoms with Crippen molar-refractivity contribution in [2.45, 2.75) is 13.2 Å². The van der Waals surface area contributed by atoms with E-state index >= 15 is 0 Å². The molecule has 0 unspecified atom stereocenters. The first-order valence-corrected chi connectivity index (χ1v) is 2.19. The van der Waals surface area contributed by atoms with Gasteiger partial charge in [-0.2, -0.15) is 0 Å². The Labute approximate surface area is 53.1 Å². The lowest BCUT2D eigenvalue weighted by molar-refractivity contribution is -0.134. The van der Waals surface area contributed by atoms with E-state index in [2.05, 4.69) is 6.58 Å². The monoisotopic (exact) mass is 134 g/mol. The summed E-state index contributed by atoms with van der Waals surface area (Å²) in [5.41, 5.74) is 0. The van der Waals surface area contributed by atoms with Crippen molar-refractivity contribution in [3.8, 4) is 0 Å². The quantitative estimate of drug-likeness (QED) is 0.336. The van der Waals surface area contributed by atoms with E-state index < -0.39 is 12.3 Å². The number of hydrogen-bond acceptors (Lipinski definition) is 3. The van der Waals surface area contributed by atoms with Gasteiger partial charge in [0.15, 0.2) is 6.29 Å². The van der Waals surface area contributed by atoms with Crippen LogP contribution in [0, 0.1) is 0 Å². The van der Waals surface area contributed by atoms with Gasteiger partial charge in [-0.1, -0.05) is 6.58 Å². The third-order valence-electron chi connectivity index (χ3n) is 0.211. The molecule has 0 fully saturated rings. The SMILES string of the molecule is C=CC(O)O.CC(=O)O. The lowest BCUT2D eigenvalue weighted by atomic mass is 10.6. The number of aliphatic hydroxyl groups is 2. The molecule has 3 N–H and O–H groups in total. The first-order valence-electron chi connectivity index (χ1n) is 2.19. The molecule has 0 heterocycles. The molecule has 0 aromatic heterocycles. The maximum absolute atomic E-state index is 9.00. The van der Waals surface area contributed by atoms with Crippen molar-refractivity contribution in [3.05, 3.63) is 12.7 Å². The van der Waals surface area contributed by atoms with Crippen LogP contribution in [0.3, 0.4) is 0 Å². The summed E-state index contributed by atoms with van der Waals surface area (Å²) in [7, 11) is 0. The van der Waals surface area contributed by atoms with Gasteiger partial charge < -0.3 is 15.3 Å². The molecular formula is C5H10O4. The molecule has 0 aromatic carbocycles. The highest BCUT2D eigenvalue weighted by atomic mass is 16.5. The molecule has 0 amide bonds. The van der Waals surface area contributed by atoms with Gasteiger partial charge in [0, 0.05) is 6.92 Å². The summed E-state index contributed by atoms with van der Waals surface area (Å²) in [5, 5.41) is 23.0. The topological polar surface area (TPSA) is 77.8 Å². The Kier molecular flexibility index (Phi) is 8.71. The van der Waals surface area contributed by atoms with Gasteiger partial charge >= 0.3 is 0 Å². The van der Waals surface area contributed by atoms with Gasteiger partial charge in [-0.05, 0) is 6.08 Å². The number of hydrogen-bond donors (Lipinski definition) is 3. The molecule has 0 aliphatic heterocycles. The van der Waals surface area contributed by atoms with Crippen LogP contribution >= 0.6 is 0 Å². The van der Waals surface area contributed by atoms with Crippen LogP contribution < -0.4 is 0 Å². The van der Waals surface area contributed by atoms with E-state index in [0.29, 0.717) is 0 Å². The van der Waals surface area contributed by atoms with Crippen molar-refractivity contribution in [2.24, 2.45) is 0 Å². The summed E-state index contributed by atoms with van der Waals surface area (Å²) in [6, 6.07) is 0. The van der Waals surface area contributed by atoms with Crippen LogP contribution in [0.15, 0.2) is 12.7 Å². The summed E-state index contributed by atoms with van der Waals surface area (Å²) < 4.78 is 0. The van der Waals surface area contributed by atoms with Crippen molar-refractivity contribution < 1.29 is 20.1 Å². The van der Waals surface area contributed by atoms with Crippen molar-refractivity contribution in [1.82, 2.24) is 0 Å². The van der Waals surface area contributed by atoms with E-state index in [9.17, 15) is 0 Å². The second kappa shape index (κ2) is 7.13. The average molecular weight is 134 g/mol. The molecule has 54 valence electrons. The van der Waals surface area contributed by atoms with E-state index in [1.165, 1.54) is 0 Å². The number of carboxylic acids is 1. The Morgan fingerprint density at radius 2 is 1.78 bits per heavy atom. The normalized spacial score (nSPS) is 7.56. The van der Waals surface area contributed by atoms with Gasteiger partial charge in [-0.25, -0.2) is 0 Å². The maximum Gasteiger partial charge on any atom is 0.300 e. The third kappa shape index (κ3) is 147. The predicted octanol–water partition coefficient (Wildman–Crippen LogP) is -0.426. The van der Waals surface area contributed by atoms with Crippen LogP contribution in [-0.4, -0.2) is 27.6 Å². The molecule has 0 aliphatic carbocycles. The van der Waals surface area contributed by atoms with Crippen LogP contribution in [0.25, 0.3) is 0 Å². The fraction of sp³-hybridized carbons (Fsp3) is 0.400. The minimum atomic E-state index is -1.35. The lowest BCUT2D eigenvalue weighted by Gasteiger charge is -1.84. The van der Waals surface area contributed by atoms with Gasteiger partial charge in [-0.15, -0.1) is 0 Å². The fourth-order valence-corrected chi connectivity index (χ4v) is 0. The van der Waals surface area contributed by atoms with Gasteiger partial charge in [0.1, 0.15) is 0 Å². The van der Waals surface area contributed by atoms with E-state index in [1.54, 1.807) is 0 Å². The zero-order valence-corrected chi connectivity index (χ0v) is 5.11. The Hall–Kier alpha value is -0.870. The van der Waals surface area contributed by atoms with E-state index in [-0.39, 0.29) is 0 Å². The minimum absolute atomic E-state index is 0.833. The Morgan fingerprint density at radius 3 is 1.78 bits per heavy atom. The van der Waals surface area contributed by atoms with Gasteiger partial charge in [0.05, 0.1) is 0 Å². The largest absolute Gasteiger partial charge is 0.481 e. The van der Waals surface area contributed by atoms with Crippen LogP contribution in [-0.2, 0) is 4.79 Å². The van der Waals surface area contributed by atoms with Crippen molar-refractivity contribution >= 4 is 5.97 Å². The average Bonchev–Trinajstić information content (AvgIpc) is 1.65. The summed E-state index contributed by atoms with van der Waals surface area (Å²) in [5.74, 6) is -0.833.